The minimum atomic E-state index is -0.117. The number of carbonyl (C=O) groups is 1. The Morgan fingerprint density at radius 2 is 2.04 bits per heavy atom. The van der Waals surface area contributed by atoms with Gasteiger partial charge in [-0.25, -0.2) is 14.8 Å². The summed E-state index contributed by atoms with van der Waals surface area (Å²) in [7, 11) is 1.61. The number of aromatic nitrogens is 2. The lowest BCUT2D eigenvalue weighted by atomic mass is 10.1. The first-order valence-electron chi connectivity index (χ1n) is 9.52. The smallest absolute Gasteiger partial charge is 0.322 e. The number of hydrogen-bond acceptors (Lipinski definition) is 5. The first kappa shape index (κ1) is 17.6. The van der Waals surface area contributed by atoms with Gasteiger partial charge in [0, 0.05) is 49.6 Å². The molecule has 142 valence electrons. The molecule has 0 atom stereocenters. The molecule has 7 heteroatoms. The van der Waals surface area contributed by atoms with E-state index in [1.807, 2.05) is 30.5 Å². The van der Waals surface area contributed by atoms with Gasteiger partial charge in [-0.3, -0.25) is 0 Å². The highest BCUT2D eigenvalue weighted by Gasteiger charge is 2.24. The van der Waals surface area contributed by atoms with E-state index >= 15 is 0 Å². The second kappa shape index (κ2) is 7.82. The number of amides is 2. The van der Waals surface area contributed by atoms with Crippen molar-refractivity contribution in [3.8, 4) is 5.75 Å². The van der Waals surface area contributed by atoms with Crippen molar-refractivity contribution in [2.24, 2.45) is 0 Å². The van der Waals surface area contributed by atoms with E-state index in [0.29, 0.717) is 13.1 Å². The molecule has 1 N–H and O–H groups in total. The third-order valence-electron chi connectivity index (χ3n) is 5.17. The molecular weight excluding hydrogens is 342 g/mol. The van der Waals surface area contributed by atoms with Crippen LogP contribution in [0.2, 0.25) is 0 Å². The first-order valence-corrected chi connectivity index (χ1v) is 9.52. The average molecular weight is 367 g/mol. The zero-order chi connectivity index (χ0) is 18.6. The van der Waals surface area contributed by atoms with E-state index in [1.54, 1.807) is 12.0 Å². The lowest BCUT2D eigenvalue weighted by Gasteiger charge is -2.30. The van der Waals surface area contributed by atoms with Gasteiger partial charge in [-0.05, 0) is 31.4 Å². The zero-order valence-corrected chi connectivity index (χ0v) is 15.6. The Morgan fingerprint density at radius 1 is 1.19 bits per heavy atom. The van der Waals surface area contributed by atoms with E-state index in [0.717, 1.165) is 48.2 Å². The summed E-state index contributed by atoms with van der Waals surface area (Å²) in [5.41, 5.74) is 2.82. The third kappa shape index (κ3) is 3.97. The van der Waals surface area contributed by atoms with Crippen molar-refractivity contribution in [2.75, 3.05) is 37.0 Å². The molecule has 27 heavy (non-hydrogen) atoms. The van der Waals surface area contributed by atoms with Crippen LogP contribution in [0.25, 0.3) is 0 Å². The van der Waals surface area contributed by atoms with Gasteiger partial charge in [0.1, 0.15) is 5.75 Å². The van der Waals surface area contributed by atoms with Gasteiger partial charge in [0.05, 0.1) is 19.3 Å². The number of benzene rings is 1. The predicted octanol–water partition coefficient (Wildman–Crippen LogP) is 3.07. The van der Waals surface area contributed by atoms with Crippen LogP contribution in [-0.4, -0.2) is 47.6 Å². The van der Waals surface area contributed by atoms with E-state index in [1.165, 1.54) is 19.3 Å². The quantitative estimate of drug-likeness (QED) is 0.903. The molecule has 3 heterocycles. The molecule has 2 aromatic rings. The average Bonchev–Trinajstić information content (AvgIpc) is 2.73. The van der Waals surface area contributed by atoms with Crippen LogP contribution in [0.4, 0.5) is 16.4 Å². The fourth-order valence-electron chi connectivity index (χ4n) is 3.63. The number of fused-ring (bicyclic) bond motifs is 1. The standard InChI is InChI=1S/C20H25N5O2/c1-27-17-7-5-6-16(12-17)22-20(26)25-11-8-18-15(14-25)13-21-19(23-18)24-9-3-2-4-10-24/h5-7,12-13H,2-4,8-11,14H2,1H3,(H,22,26). The molecule has 2 aliphatic rings. The summed E-state index contributed by atoms with van der Waals surface area (Å²) in [4.78, 5) is 26.0. The van der Waals surface area contributed by atoms with Crippen molar-refractivity contribution >= 4 is 17.7 Å². The Labute approximate surface area is 159 Å². The molecule has 0 radical (unpaired) electrons. The number of rotatable bonds is 3. The van der Waals surface area contributed by atoms with Gasteiger partial charge in [-0.2, -0.15) is 0 Å². The van der Waals surface area contributed by atoms with Crippen LogP contribution < -0.4 is 15.0 Å². The van der Waals surface area contributed by atoms with E-state index in [9.17, 15) is 4.79 Å². The van der Waals surface area contributed by atoms with Gasteiger partial charge in [0.2, 0.25) is 5.95 Å². The van der Waals surface area contributed by atoms with Crippen molar-refractivity contribution in [2.45, 2.75) is 32.2 Å². The largest absolute Gasteiger partial charge is 0.497 e. The highest BCUT2D eigenvalue weighted by molar-refractivity contribution is 5.89. The third-order valence-corrected chi connectivity index (χ3v) is 5.17. The van der Waals surface area contributed by atoms with Gasteiger partial charge in [0.25, 0.3) is 0 Å². The lowest BCUT2D eigenvalue weighted by Crippen LogP contribution is -2.39. The fourth-order valence-corrected chi connectivity index (χ4v) is 3.63. The Kier molecular flexibility index (Phi) is 5.09. The number of hydrogen-bond donors (Lipinski definition) is 1. The Morgan fingerprint density at radius 3 is 2.85 bits per heavy atom. The molecule has 2 aliphatic heterocycles. The number of piperidine rings is 1. The molecule has 0 aliphatic carbocycles. The summed E-state index contributed by atoms with van der Waals surface area (Å²) in [6.45, 7) is 3.26. The monoisotopic (exact) mass is 367 g/mol. The molecule has 0 spiro atoms. The van der Waals surface area contributed by atoms with Gasteiger partial charge in [-0.1, -0.05) is 6.07 Å². The van der Waals surface area contributed by atoms with Crippen molar-refractivity contribution in [1.29, 1.82) is 0 Å². The maximum Gasteiger partial charge on any atom is 0.322 e. The maximum absolute atomic E-state index is 12.6. The normalized spacial score (nSPS) is 16.6. The molecule has 7 nitrogen and oxygen atoms in total. The number of urea groups is 1. The minimum Gasteiger partial charge on any atom is -0.497 e. The van der Waals surface area contributed by atoms with Gasteiger partial charge >= 0.3 is 6.03 Å². The number of carbonyl (C=O) groups excluding carboxylic acids is 1. The summed E-state index contributed by atoms with van der Waals surface area (Å²) < 4.78 is 5.20. The van der Waals surface area contributed by atoms with Crippen LogP contribution in [0.15, 0.2) is 30.5 Å². The molecular formula is C20H25N5O2. The molecule has 4 rings (SSSR count). The number of methoxy groups -OCH3 is 1. The van der Waals surface area contributed by atoms with Crippen LogP contribution in [0.5, 0.6) is 5.75 Å². The van der Waals surface area contributed by atoms with Crippen LogP contribution in [-0.2, 0) is 13.0 Å². The fraction of sp³-hybridized carbons (Fsp3) is 0.450. The van der Waals surface area contributed by atoms with Gasteiger partial charge in [-0.15, -0.1) is 0 Å². The highest BCUT2D eigenvalue weighted by Crippen LogP contribution is 2.23. The van der Waals surface area contributed by atoms with Gasteiger partial charge in [0.15, 0.2) is 0 Å². The van der Waals surface area contributed by atoms with Crippen LogP contribution in [0.1, 0.15) is 30.5 Å². The second-order valence-corrected chi connectivity index (χ2v) is 7.02. The summed E-state index contributed by atoms with van der Waals surface area (Å²) in [5.74, 6) is 1.55. The molecule has 0 bridgehead atoms. The number of ether oxygens (including phenoxy) is 1. The topological polar surface area (TPSA) is 70.6 Å². The first-order chi connectivity index (χ1) is 13.2. The molecule has 0 saturated carbocycles. The Balaban J connectivity index is 1.42. The molecule has 2 amide bonds. The summed E-state index contributed by atoms with van der Waals surface area (Å²) in [6, 6.07) is 7.25. The maximum atomic E-state index is 12.6. The van der Waals surface area contributed by atoms with Crippen molar-refractivity contribution in [3.63, 3.8) is 0 Å². The van der Waals surface area contributed by atoms with Gasteiger partial charge < -0.3 is 19.9 Å². The minimum absolute atomic E-state index is 0.117. The van der Waals surface area contributed by atoms with Crippen molar-refractivity contribution < 1.29 is 9.53 Å². The van der Waals surface area contributed by atoms with Crippen LogP contribution in [0, 0.1) is 0 Å². The predicted molar refractivity (Wildman–Crippen MR) is 104 cm³/mol. The number of nitrogens with zero attached hydrogens (tertiary/aromatic N) is 4. The summed E-state index contributed by atoms with van der Waals surface area (Å²) in [6.07, 6.45) is 6.34. The SMILES string of the molecule is COc1cccc(NC(=O)N2CCc3nc(N4CCCCC4)ncc3C2)c1. The molecule has 1 aromatic carbocycles. The second-order valence-electron chi connectivity index (χ2n) is 7.02. The Bertz CT molecular complexity index is 820. The van der Waals surface area contributed by atoms with E-state index in [2.05, 4.69) is 15.2 Å². The molecule has 0 unspecified atom stereocenters. The van der Waals surface area contributed by atoms with Crippen LogP contribution >= 0.6 is 0 Å². The molecule has 1 saturated heterocycles. The summed E-state index contributed by atoms with van der Waals surface area (Å²) in [5, 5.41) is 2.94. The van der Waals surface area contributed by atoms with E-state index in [4.69, 9.17) is 9.72 Å². The summed E-state index contributed by atoms with van der Waals surface area (Å²) >= 11 is 0. The highest BCUT2D eigenvalue weighted by atomic mass is 16.5. The molecule has 1 aromatic heterocycles. The number of nitrogens with one attached hydrogen (secondary N) is 1. The van der Waals surface area contributed by atoms with E-state index in [-0.39, 0.29) is 6.03 Å². The van der Waals surface area contributed by atoms with Crippen molar-refractivity contribution in [3.05, 3.63) is 41.7 Å². The van der Waals surface area contributed by atoms with E-state index < -0.39 is 0 Å². The Hall–Kier alpha value is -2.83. The number of anilines is 2. The van der Waals surface area contributed by atoms with Crippen molar-refractivity contribution in [1.82, 2.24) is 14.9 Å². The lowest BCUT2D eigenvalue weighted by molar-refractivity contribution is 0.206. The zero-order valence-electron chi connectivity index (χ0n) is 15.6. The molecule has 1 fully saturated rings. The van der Waals surface area contributed by atoms with Crippen LogP contribution in [0.3, 0.4) is 0 Å².